The van der Waals surface area contributed by atoms with E-state index >= 15 is 0 Å². The van der Waals surface area contributed by atoms with Crippen molar-refractivity contribution < 1.29 is 13.3 Å². The molecule has 0 spiro atoms. The molecule has 22 rings (SSSR count). The average Bonchev–Trinajstić information content (AvgIpc) is 1.59. The molecule has 22 aromatic rings. The zero-order valence-electron chi connectivity index (χ0n) is 54.7. The van der Waals surface area contributed by atoms with Gasteiger partial charge in [0, 0.05) is 98.4 Å². The van der Waals surface area contributed by atoms with E-state index in [4.69, 9.17) is 23.2 Å². The molecule has 0 saturated heterocycles. The van der Waals surface area contributed by atoms with Crippen LogP contribution in [0.15, 0.2) is 347 Å². The number of rotatable bonds is 9. The first kappa shape index (κ1) is 56.2. The van der Waals surface area contributed by atoms with E-state index in [0.717, 1.165) is 177 Å². The van der Waals surface area contributed by atoms with E-state index in [1.165, 1.54) is 32.3 Å². The zero-order chi connectivity index (χ0) is 66.7. The molecule has 0 radical (unpaired) electrons. The number of aromatic nitrogens is 5. The Morgan fingerprint density at radius 1 is 0.176 bits per heavy atom. The maximum absolute atomic E-state index is 6.42. The number of fused-ring (bicyclic) bond motifs is 18. The summed E-state index contributed by atoms with van der Waals surface area (Å²) in [6.07, 6.45) is 0. The van der Waals surface area contributed by atoms with Crippen LogP contribution in [0.2, 0.25) is 0 Å². The van der Waals surface area contributed by atoms with Crippen molar-refractivity contribution in [3.8, 4) is 84.3 Å². The second-order valence-corrected chi connectivity index (χ2v) is 26.8. The number of nitrogens with zero attached hydrogens (tertiary/aromatic N) is 5. The van der Waals surface area contributed by atoms with Gasteiger partial charge in [0.1, 0.15) is 33.5 Å². The Morgan fingerprint density at radius 2 is 0.471 bits per heavy atom. The molecule has 8 heteroatoms. The summed E-state index contributed by atoms with van der Waals surface area (Å²) in [7, 11) is 0. The molecule has 0 N–H and O–H groups in total. The summed E-state index contributed by atoms with van der Waals surface area (Å²) >= 11 is 0. The van der Waals surface area contributed by atoms with Crippen LogP contribution in [-0.2, 0) is 0 Å². The molecule has 8 nitrogen and oxygen atoms in total. The van der Waals surface area contributed by atoms with Crippen LogP contribution in [0.1, 0.15) is 0 Å². The predicted molar refractivity (Wildman–Crippen MR) is 419 cm³/mol. The molecule has 7 aromatic heterocycles. The summed E-state index contributed by atoms with van der Waals surface area (Å²) in [6.45, 7) is 0. The van der Waals surface area contributed by atoms with Crippen LogP contribution in [0.3, 0.4) is 0 Å². The summed E-state index contributed by atoms with van der Waals surface area (Å²) in [5, 5.41) is 13.8. The van der Waals surface area contributed by atoms with Gasteiger partial charge < -0.3 is 27.0 Å². The molecule has 0 atom stereocenters. The summed E-state index contributed by atoms with van der Waals surface area (Å²) < 4.78 is 26.4. The van der Waals surface area contributed by atoms with E-state index in [-0.39, 0.29) is 0 Å². The van der Waals surface area contributed by atoms with Crippen LogP contribution in [0, 0.1) is 0 Å². The molecule has 7 heterocycles. The van der Waals surface area contributed by atoms with Crippen molar-refractivity contribution in [1.29, 1.82) is 0 Å². The van der Waals surface area contributed by atoms with Crippen molar-refractivity contribution >= 4 is 131 Å². The SMILES string of the molecule is c1cc(-c2cc(-c3cccc(-n4c5ccccc5c5ccc(-c6ccc7c(c6)oc6ccccc67)cc54)c3)nc(-c3ccc(-n4c5ccccc5c5ccc(-c6ccc7c(c6)oc6ccccc67)cc54)cc3)n2)cc(-n2c3ccccc3c3ccc(-c4ccc5c(c4)oc4ccccc45)cc32)c1. The first-order valence-corrected chi connectivity index (χ1v) is 34.6. The van der Waals surface area contributed by atoms with E-state index in [0.29, 0.717) is 5.82 Å². The van der Waals surface area contributed by atoms with Crippen molar-refractivity contribution in [1.82, 2.24) is 23.7 Å². The van der Waals surface area contributed by atoms with Gasteiger partial charge in [-0.25, -0.2) is 9.97 Å². The minimum atomic E-state index is 0.612. The number of para-hydroxylation sites is 6. The number of hydrogen-bond acceptors (Lipinski definition) is 5. The normalized spacial score (nSPS) is 12.1. The van der Waals surface area contributed by atoms with E-state index in [1.807, 2.05) is 36.4 Å². The lowest BCUT2D eigenvalue weighted by Gasteiger charge is -2.14. The third kappa shape index (κ3) is 8.69. The second-order valence-electron chi connectivity index (χ2n) is 26.8. The molecule has 0 amide bonds. The van der Waals surface area contributed by atoms with Crippen molar-refractivity contribution in [2.75, 3.05) is 0 Å². The molecule has 0 aliphatic carbocycles. The Morgan fingerprint density at radius 3 is 0.853 bits per heavy atom. The Hall–Kier alpha value is -13.8. The Labute approximate surface area is 582 Å². The minimum absolute atomic E-state index is 0.612. The topological polar surface area (TPSA) is 80.0 Å². The highest BCUT2D eigenvalue weighted by Crippen LogP contribution is 2.43. The number of furan rings is 3. The minimum Gasteiger partial charge on any atom is -0.456 e. The monoisotopic (exact) mass is 1300 g/mol. The first-order valence-electron chi connectivity index (χ1n) is 34.6. The fourth-order valence-corrected chi connectivity index (χ4v) is 16.2. The predicted octanol–water partition coefficient (Wildman–Crippen LogP) is 25.5. The van der Waals surface area contributed by atoms with E-state index < -0.39 is 0 Å². The standard InChI is InChI=1S/C94H55N5O3/c1-7-25-82-68(19-1)71-41-33-57(60-36-44-77-74-22-4-10-28-88(74)100-91(77)52-60)49-85(71)97(82)65-39-31-56(32-40-65)94-95-80(63-15-13-17-66(47-63)98-83-26-8-2-20-69(83)72-42-34-58(50-86(72)98)61-37-45-78-75-23-5-11-29-89(75)101-92(78)53-61)55-81(96-94)64-16-14-18-67(48-64)99-84-27-9-3-21-70(84)73-43-35-59(51-87(73)99)62-38-46-79-76-24-6-12-30-90(76)102-93(79)54-62/h1-55H. The van der Waals surface area contributed by atoms with E-state index in [9.17, 15) is 0 Å². The zero-order valence-corrected chi connectivity index (χ0v) is 54.7. The molecule has 102 heavy (non-hydrogen) atoms. The molecule has 0 saturated carbocycles. The fourth-order valence-electron chi connectivity index (χ4n) is 16.2. The van der Waals surface area contributed by atoms with Gasteiger partial charge >= 0.3 is 0 Å². The van der Waals surface area contributed by atoms with Crippen molar-refractivity contribution in [2.45, 2.75) is 0 Å². The molecule has 0 fully saturated rings. The third-order valence-electron chi connectivity index (χ3n) is 21.1. The van der Waals surface area contributed by atoms with Crippen molar-refractivity contribution in [3.63, 3.8) is 0 Å². The summed E-state index contributed by atoms with van der Waals surface area (Å²) in [4.78, 5) is 11.2. The average molecular weight is 1300 g/mol. The molecule has 0 bridgehead atoms. The highest BCUT2D eigenvalue weighted by atomic mass is 16.3. The molecular weight excluding hydrogens is 1250 g/mol. The van der Waals surface area contributed by atoms with Gasteiger partial charge in [-0.3, -0.25) is 0 Å². The maximum atomic E-state index is 6.42. The lowest BCUT2D eigenvalue weighted by atomic mass is 10.0. The second kappa shape index (κ2) is 21.8. The number of hydrogen-bond donors (Lipinski definition) is 0. The van der Waals surface area contributed by atoms with Gasteiger partial charge in [-0.15, -0.1) is 0 Å². The van der Waals surface area contributed by atoms with Gasteiger partial charge in [-0.2, -0.15) is 0 Å². The third-order valence-corrected chi connectivity index (χ3v) is 21.1. The molecule has 0 aliphatic heterocycles. The molecule has 0 unspecified atom stereocenters. The Balaban J connectivity index is 0.691. The largest absolute Gasteiger partial charge is 0.456 e. The van der Waals surface area contributed by atoms with Crippen LogP contribution in [-0.4, -0.2) is 23.7 Å². The molecule has 474 valence electrons. The van der Waals surface area contributed by atoms with Crippen LogP contribution in [0.25, 0.3) is 216 Å². The molecular formula is C94H55N5O3. The van der Waals surface area contributed by atoms with Crippen LogP contribution in [0.5, 0.6) is 0 Å². The summed E-state index contributed by atoms with van der Waals surface area (Å²) in [6, 6.07) is 120. The van der Waals surface area contributed by atoms with Gasteiger partial charge in [0.25, 0.3) is 0 Å². The molecule has 0 aliphatic rings. The Kier molecular flexibility index (Phi) is 12.0. The smallest absolute Gasteiger partial charge is 0.160 e. The van der Waals surface area contributed by atoms with Crippen LogP contribution >= 0.6 is 0 Å². The van der Waals surface area contributed by atoms with Crippen LogP contribution < -0.4 is 0 Å². The molecule has 15 aromatic carbocycles. The lowest BCUT2D eigenvalue weighted by Crippen LogP contribution is -1.99. The van der Waals surface area contributed by atoms with Gasteiger partial charge in [-0.1, -0.05) is 188 Å². The van der Waals surface area contributed by atoms with Crippen molar-refractivity contribution in [3.05, 3.63) is 334 Å². The van der Waals surface area contributed by atoms with Gasteiger partial charge in [0.2, 0.25) is 0 Å². The van der Waals surface area contributed by atoms with Gasteiger partial charge in [-0.05, 0) is 179 Å². The maximum Gasteiger partial charge on any atom is 0.160 e. The van der Waals surface area contributed by atoms with Gasteiger partial charge in [0.05, 0.1) is 44.5 Å². The summed E-state index contributed by atoms with van der Waals surface area (Å²) in [5.41, 5.74) is 26.0. The van der Waals surface area contributed by atoms with Crippen LogP contribution in [0.4, 0.5) is 0 Å². The highest BCUT2D eigenvalue weighted by molar-refractivity contribution is 6.15. The lowest BCUT2D eigenvalue weighted by molar-refractivity contribution is 0.668. The summed E-state index contributed by atoms with van der Waals surface area (Å²) in [5.74, 6) is 0.612. The number of benzene rings is 15. The first-order chi connectivity index (χ1) is 50.5. The fraction of sp³-hybridized carbons (Fsp3) is 0. The Bertz CT molecular complexity index is 6980. The highest BCUT2D eigenvalue weighted by Gasteiger charge is 2.22. The van der Waals surface area contributed by atoms with E-state index in [1.54, 1.807) is 0 Å². The quantitative estimate of drug-likeness (QED) is 0.144. The van der Waals surface area contributed by atoms with Crippen molar-refractivity contribution in [2.24, 2.45) is 0 Å². The van der Waals surface area contributed by atoms with E-state index in [2.05, 4.69) is 311 Å². The van der Waals surface area contributed by atoms with Gasteiger partial charge in [0.15, 0.2) is 5.82 Å².